The molecule has 82 valence electrons. The number of hydrogen-bond acceptors (Lipinski definition) is 4. The van der Waals surface area contributed by atoms with Gasteiger partial charge in [0.1, 0.15) is 0 Å². The van der Waals surface area contributed by atoms with E-state index in [-0.39, 0.29) is 16.0 Å². The summed E-state index contributed by atoms with van der Waals surface area (Å²) in [7, 11) is 1.54. The summed E-state index contributed by atoms with van der Waals surface area (Å²) in [5.74, 6) is 0. The molecule has 1 aromatic heterocycles. The van der Waals surface area contributed by atoms with Gasteiger partial charge in [0.2, 0.25) is 0 Å². The molecule has 0 atom stereocenters. The summed E-state index contributed by atoms with van der Waals surface area (Å²) in [6.07, 6.45) is 0. The Morgan fingerprint density at radius 1 is 1.50 bits per heavy atom. The molecular formula is C9H7N3O3S. The van der Waals surface area contributed by atoms with Crippen molar-refractivity contribution in [2.24, 2.45) is 7.05 Å². The van der Waals surface area contributed by atoms with Gasteiger partial charge >= 0.3 is 0 Å². The third kappa shape index (κ3) is 1.50. The van der Waals surface area contributed by atoms with Gasteiger partial charge in [-0.3, -0.25) is 19.5 Å². The second-order valence-electron chi connectivity index (χ2n) is 3.28. The molecule has 2 rings (SSSR count). The van der Waals surface area contributed by atoms with Crippen molar-refractivity contribution < 1.29 is 4.92 Å². The average molecular weight is 237 g/mol. The van der Waals surface area contributed by atoms with Gasteiger partial charge in [0.05, 0.1) is 15.8 Å². The Morgan fingerprint density at radius 2 is 2.19 bits per heavy atom. The van der Waals surface area contributed by atoms with E-state index < -0.39 is 4.92 Å². The Bertz CT molecular complexity index is 701. The van der Waals surface area contributed by atoms with Gasteiger partial charge in [-0.05, 0) is 18.3 Å². The highest BCUT2D eigenvalue weighted by Gasteiger charge is 2.09. The fourth-order valence-corrected chi connectivity index (χ4v) is 1.60. The Morgan fingerprint density at radius 3 is 2.81 bits per heavy atom. The van der Waals surface area contributed by atoms with Crippen LogP contribution < -0.4 is 5.56 Å². The molecule has 0 bridgehead atoms. The van der Waals surface area contributed by atoms with Crippen molar-refractivity contribution in [2.45, 2.75) is 0 Å². The lowest BCUT2D eigenvalue weighted by Crippen LogP contribution is -2.18. The van der Waals surface area contributed by atoms with Crippen LogP contribution in [0.1, 0.15) is 0 Å². The molecular weight excluding hydrogens is 230 g/mol. The number of hydrogen-bond donors (Lipinski definition) is 1. The standard InChI is InChI=1S/C9H7N3O3S/c1-11-8(13)6-3-2-5(12(14)15)4-7(6)10-9(11)16/h2-4H,1H3,(H,10,16). The maximum Gasteiger partial charge on any atom is 0.271 e. The molecule has 0 aliphatic heterocycles. The summed E-state index contributed by atoms with van der Waals surface area (Å²) in [5, 5.41) is 10.9. The largest absolute Gasteiger partial charge is 0.331 e. The minimum atomic E-state index is -0.520. The van der Waals surface area contributed by atoms with E-state index in [9.17, 15) is 14.9 Å². The first kappa shape index (κ1) is 10.5. The molecule has 0 unspecified atom stereocenters. The summed E-state index contributed by atoms with van der Waals surface area (Å²) in [6, 6.07) is 4.01. The first-order chi connectivity index (χ1) is 7.50. The number of H-pyrrole nitrogens is 1. The Hall–Kier alpha value is -2.02. The smallest absolute Gasteiger partial charge is 0.271 e. The van der Waals surface area contributed by atoms with E-state index in [1.54, 1.807) is 7.05 Å². The number of nitrogens with zero attached hydrogens (tertiary/aromatic N) is 2. The molecule has 0 fully saturated rings. The van der Waals surface area contributed by atoms with Crippen LogP contribution in [-0.4, -0.2) is 14.5 Å². The minimum absolute atomic E-state index is 0.0774. The molecule has 6 nitrogen and oxygen atoms in total. The van der Waals surface area contributed by atoms with Crippen LogP contribution in [0.3, 0.4) is 0 Å². The van der Waals surface area contributed by atoms with Gasteiger partial charge in [0.15, 0.2) is 4.77 Å². The molecule has 0 saturated carbocycles. The van der Waals surface area contributed by atoms with Crippen molar-refractivity contribution >= 4 is 28.8 Å². The molecule has 1 N–H and O–H groups in total. The summed E-state index contributed by atoms with van der Waals surface area (Å²) in [6.45, 7) is 0. The monoisotopic (exact) mass is 237 g/mol. The maximum absolute atomic E-state index is 11.7. The van der Waals surface area contributed by atoms with Gasteiger partial charge in [-0.25, -0.2) is 0 Å². The van der Waals surface area contributed by atoms with E-state index in [1.165, 1.54) is 22.8 Å². The average Bonchev–Trinajstić information content (AvgIpc) is 2.25. The number of nitro benzene ring substituents is 1. The third-order valence-electron chi connectivity index (χ3n) is 2.30. The number of nitrogens with one attached hydrogen (secondary N) is 1. The number of benzene rings is 1. The lowest BCUT2D eigenvalue weighted by atomic mass is 10.2. The van der Waals surface area contributed by atoms with Gasteiger partial charge in [0, 0.05) is 19.2 Å². The zero-order valence-electron chi connectivity index (χ0n) is 8.26. The second-order valence-corrected chi connectivity index (χ2v) is 3.67. The molecule has 7 heteroatoms. The van der Waals surface area contributed by atoms with Gasteiger partial charge in [-0.15, -0.1) is 0 Å². The summed E-state index contributed by atoms with van der Waals surface area (Å²) >= 11 is 4.91. The molecule has 1 aromatic carbocycles. The normalized spacial score (nSPS) is 10.6. The number of rotatable bonds is 1. The lowest BCUT2D eigenvalue weighted by molar-refractivity contribution is -0.384. The van der Waals surface area contributed by atoms with Crippen LogP contribution in [0.2, 0.25) is 0 Å². The highest BCUT2D eigenvalue weighted by Crippen LogP contribution is 2.16. The van der Waals surface area contributed by atoms with E-state index in [0.717, 1.165) is 0 Å². The number of non-ortho nitro benzene ring substituents is 1. The first-order valence-corrected chi connectivity index (χ1v) is 4.79. The maximum atomic E-state index is 11.7. The third-order valence-corrected chi connectivity index (χ3v) is 2.67. The summed E-state index contributed by atoms with van der Waals surface area (Å²) in [4.78, 5) is 24.5. The van der Waals surface area contributed by atoms with Crippen LogP contribution in [0.4, 0.5) is 5.69 Å². The summed E-state index contributed by atoms with van der Waals surface area (Å²) < 4.78 is 1.52. The number of nitro groups is 1. The van der Waals surface area contributed by atoms with Crippen LogP contribution >= 0.6 is 12.2 Å². The van der Waals surface area contributed by atoms with E-state index in [2.05, 4.69) is 4.98 Å². The zero-order valence-corrected chi connectivity index (χ0v) is 9.08. The quantitative estimate of drug-likeness (QED) is 0.463. The van der Waals surface area contributed by atoms with Crippen LogP contribution in [-0.2, 0) is 7.05 Å². The fraction of sp³-hybridized carbons (Fsp3) is 0.111. The molecule has 0 spiro atoms. The number of fused-ring (bicyclic) bond motifs is 1. The zero-order chi connectivity index (χ0) is 11.9. The van der Waals surface area contributed by atoms with E-state index >= 15 is 0 Å². The van der Waals surface area contributed by atoms with Crippen molar-refractivity contribution in [1.29, 1.82) is 0 Å². The Kier molecular flexibility index (Phi) is 2.31. The first-order valence-electron chi connectivity index (χ1n) is 4.38. The molecule has 1 heterocycles. The highest BCUT2D eigenvalue weighted by molar-refractivity contribution is 7.71. The molecule has 0 aliphatic carbocycles. The molecule has 0 radical (unpaired) electrons. The van der Waals surface area contributed by atoms with Crippen LogP contribution in [0.15, 0.2) is 23.0 Å². The minimum Gasteiger partial charge on any atom is -0.331 e. The summed E-state index contributed by atoms with van der Waals surface area (Å²) in [5.41, 5.74) is 0.0300. The van der Waals surface area contributed by atoms with Crippen LogP contribution in [0.5, 0.6) is 0 Å². The van der Waals surface area contributed by atoms with Crippen molar-refractivity contribution in [3.8, 4) is 0 Å². The van der Waals surface area contributed by atoms with E-state index in [0.29, 0.717) is 10.9 Å². The second kappa shape index (κ2) is 3.53. The lowest BCUT2D eigenvalue weighted by Gasteiger charge is -2.01. The van der Waals surface area contributed by atoms with Crippen molar-refractivity contribution in [1.82, 2.24) is 9.55 Å². The van der Waals surface area contributed by atoms with Gasteiger partial charge in [0.25, 0.3) is 11.2 Å². The van der Waals surface area contributed by atoms with Gasteiger partial charge < -0.3 is 4.98 Å². The SMILES string of the molecule is Cn1c(=S)[nH]c2cc([N+](=O)[O-])ccc2c1=O. The fourth-order valence-electron chi connectivity index (χ4n) is 1.41. The van der Waals surface area contributed by atoms with E-state index in [4.69, 9.17) is 12.2 Å². The number of aromatic nitrogens is 2. The Balaban J connectivity index is 2.92. The van der Waals surface area contributed by atoms with Crippen molar-refractivity contribution in [2.75, 3.05) is 0 Å². The van der Waals surface area contributed by atoms with Crippen LogP contribution in [0.25, 0.3) is 10.9 Å². The predicted octanol–water partition coefficient (Wildman–Crippen LogP) is 1.50. The van der Waals surface area contributed by atoms with Gasteiger partial charge in [-0.1, -0.05) is 0 Å². The topological polar surface area (TPSA) is 80.9 Å². The molecule has 16 heavy (non-hydrogen) atoms. The molecule has 0 amide bonds. The molecule has 0 saturated heterocycles. The number of aromatic amines is 1. The van der Waals surface area contributed by atoms with Crippen LogP contribution in [0, 0.1) is 14.9 Å². The molecule has 0 aliphatic rings. The Labute approximate surface area is 94.3 Å². The van der Waals surface area contributed by atoms with E-state index in [1.807, 2.05) is 0 Å². The molecule has 2 aromatic rings. The van der Waals surface area contributed by atoms with Crippen molar-refractivity contribution in [3.05, 3.63) is 43.4 Å². The van der Waals surface area contributed by atoms with Gasteiger partial charge in [-0.2, -0.15) is 0 Å². The van der Waals surface area contributed by atoms with Crippen molar-refractivity contribution in [3.63, 3.8) is 0 Å². The predicted molar refractivity (Wildman–Crippen MR) is 61.0 cm³/mol. The highest BCUT2D eigenvalue weighted by atomic mass is 32.1.